The van der Waals surface area contributed by atoms with Gasteiger partial charge < -0.3 is 0 Å². The second-order valence-electron chi connectivity index (χ2n) is 5.48. The van der Waals surface area contributed by atoms with Crippen molar-refractivity contribution in [3.8, 4) is 5.13 Å². The van der Waals surface area contributed by atoms with Gasteiger partial charge in [-0.3, -0.25) is 19.5 Å². The van der Waals surface area contributed by atoms with Gasteiger partial charge in [-0.25, -0.2) is 10.4 Å². The molecule has 26 heavy (non-hydrogen) atoms. The fourth-order valence-electron chi connectivity index (χ4n) is 2.52. The molecule has 0 saturated carbocycles. The van der Waals surface area contributed by atoms with E-state index in [1.54, 1.807) is 12.4 Å². The number of thiazole rings is 1. The van der Waals surface area contributed by atoms with Gasteiger partial charge in [0.05, 0.1) is 11.1 Å². The normalized spacial score (nSPS) is 11.0. The van der Waals surface area contributed by atoms with E-state index in [1.165, 1.54) is 35.6 Å². The van der Waals surface area contributed by atoms with Crippen LogP contribution < -0.4 is 5.43 Å². The van der Waals surface area contributed by atoms with Crippen molar-refractivity contribution in [3.05, 3.63) is 74.5 Å². The van der Waals surface area contributed by atoms with Crippen LogP contribution in [0.2, 0.25) is 0 Å². The first kappa shape index (κ1) is 17.5. The summed E-state index contributed by atoms with van der Waals surface area (Å²) in [5, 5.41) is 17.5. The lowest BCUT2D eigenvalue weighted by molar-refractivity contribution is -0.384. The number of nitrogens with one attached hydrogen (secondary N) is 1. The maximum Gasteiger partial charge on any atom is 0.271 e. The molecule has 8 nitrogen and oxygen atoms in total. The van der Waals surface area contributed by atoms with Crippen LogP contribution in [-0.4, -0.2) is 26.6 Å². The molecule has 2 heterocycles. The number of aromatic nitrogens is 2. The van der Waals surface area contributed by atoms with E-state index in [-0.39, 0.29) is 11.3 Å². The van der Waals surface area contributed by atoms with Crippen molar-refractivity contribution in [2.24, 2.45) is 5.10 Å². The van der Waals surface area contributed by atoms with Crippen LogP contribution in [0, 0.1) is 24.0 Å². The molecule has 0 aliphatic heterocycles. The van der Waals surface area contributed by atoms with Crippen molar-refractivity contribution >= 4 is 29.1 Å². The van der Waals surface area contributed by atoms with Crippen LogP contribution in [0.3, 0.4) is 0 Å². The van der Waals surface area contributed by atoms with Gasteiger partial charge in [-0.1, -0.05) is 6.07 Å². The van der Waals surface area contributed by atoms with Gasteiger partial charge in [0.2, 0.25) is 0 Å². The number of benzene rings is 1. The van der Waals surface area contributed by atoms with Crippen molar-refractivity contribution in [2.45, 2.75) is 13.8 Å². The summed E-state index contributed by atoms with van der Waals surface area (Å²) in [7, 11) is 0. The van der Waals surface area contributed by atoms with Gasteiger partial charge in [0.15, 0.2) is 5.13 Å². The molecular weight excluding hydrogens is 354 g/mol. The Hall–Kier alpha value is -3.33. The highest BCUT2D eigenvalue weighted by Crippen LogP contribution is 2.21. The van der Waals surface area contributed by atoms with Crippen molar-refractivity contribution in [3.63, 3.8) is 0 Å². The Morgan fingerprint density at radius 1 is 1.38 bits per heavy atom. The zero-order valence-corrected chi connectivity index (χ0v) is 14.9. The Bertz CT molecular complexity index is 992. The molecule has 1 N–H and O–H groups in total. The highest BCUT2D eigenvalue weighted by Gasteiger charge is 2.12. The third-order valence-electron chi connectivity index (χ3n) is 3.77. The van der Waals surface area contributed by atoms with E-state index < -0.39 is 10.8 Å². The number of amides is 1. The molecule has 3 rings (SSSR count). The number of carbonyl (C=O) groups excluding carboxylic acids is 1. The Kier molecular flexibility index (Phi) is 4.90. The fraction of sp³-hybridized carbons (Fsp3) is 0.118. The molecule has 3 aromatic rings. The van der Waals surface area contributed by atoms with Crippen LogP contribution in [-0.2, 0) is 0 Å². The van der Waals surface area contributed by atoms with Crippen molar-refractivity contribution in [1.82, 2.24) is 15.0 Å². The summed E-state index contributed by atoms with van der Waals surface area (Å²) in [6, 6.07) is 7.43. The third-order valence-corrected chi connectivity index (χ3v) is 4.53. The zero-order valence-electron chi connectivity index (χ0n) is 14.0. The molecule has 1 amide bonds. The number of nitro groups is 1. The van der Waals surface area contributed by atoms with Crippen LogP contribution in [0.1, 0.15) is 27.3 Å². The predicted octanol–water partition coefficient (Wildman–Crippen LogP) is 3.22. The third kappa shape index (κ3) is 3.52. The summed E-state index contributed by atoms with van der Waals surface area (Å²) in [6.45, 7) is 3.91. The average molecular weight is 369 g/mol. The van der Waals surface area contributed by atoms with E-state index in [4.69, 9.17) is 0 Å². The second-order valence-corrected chi connectivity index (χ2v) is 6.36. The molecular formula is C17H15N5O3S. The smallest absolute Gasteiger partial charge is 0.271 e. The van der Waals surface area contributed by atoms with Gasteiger partial charge in [0.1, 0.15) is 0 Å². The molecule has 0 bridgehead atoms. The highest BCUT2D eigenvalue weighted by molar-refractivity contribution is 7.12. The van der Waals surface area contributed by atoms with E-state index in [1.807, 2.05) is 29.9 Å². The van der Waals surface area contributed by atoms with Gasteiger partial charge in [-0.05, 0) is 26.0 Å². The number of rotatable bonds is 5. The fourth-order valence-corrected chi connectivity index (χ4v) is 3.28. The van der Waals surface area contributed by atoms with Crippen LogP contribution in [0.5, 0.6) is 0 Å². The lowest BCUT2D eigenvalue weighted by Gasteiger charge is -2.04. The number of hydrazone groups is 1. The van der Waals surface area contributed by atoms with Gasteiger partial charge in [-0.2, -0.15) is 5.10 Å². The number of nitrogens with zero attached hydrogens (tertiary/aromatic N) is 4. The molecule has 0 aliphatic carbocycles. The maximum atomic E-state index is 12.1. The Labute approximate surface area is 153 Å². The first-order valence-electron chi connectivity index (χ1n) is 7.64. The largest absolute Gasteiger partial charge is 0.294 e. The van der Waals surface area contributed by atoms with Crippen molar-refractivity contribution < 1.29 is 9.72 Å². The molecule has 1 aromatic carbocycles. The lowest BCUT2D eigenvalue weighted by Crippen LogP contribution is -2.17. The van der Waals surface area contributed by atoms with E-state index in [0.29, 0.717) is 0 Å². The molecule has 2 aromatic heterocycles. The number of hydrogen-bond donors (Lipinski definition) is 1. The minimum Gasteiger partial charge on any atom is -0.294 e. The number of non-ortho nitro benzene ring substituents is 1. The van der Waals surface area contributed by atoms with E-state index >= 15 is 0 Å². The number of aryl methyl sites for hydroxylation is 1. The standard InChI is InChI=1S/C17H15N5O3S/c1-11-8-14(12(2)21(11)17-18-6-7-26-17)10-19-20-16(23)13-4-3-5-15(9-13)22(24)25/h3-10H,1-2H3,(H,20,23)/b19-10-. The van der Waals surface area contributed by atoms with Gasteiger partial charge in [-0.15, -0.1) is 11.3 Å². The summed E-state index contributed by atoms with van der Waals surface area (Å²) in [5.74, 6) is -0.515. The average Bonchev–Trinajstić information content (AvgIpc) is 3.23. The molecule has 0 aliphatic rings. The summed E-state index contributed by atoms with van der Waals surface area (Å²) in [6.07, 6.45) is 3.29. The maximum absolute atomic E-state index is 12.1. The first-order chi connectivity index (χ1) is 12.5. The molecule has 0 atom stereocenters. The summed E-state index contributed by atoms with van der Waals surface area (Å²) in [4.78, 5) is 26.6. The number of carbonyl (C=O) groups is 1. The van der Waals surface area contributed by atoms with Crippen molar-refractivity contribution in [1.29, 1.82) is 0 Å². The quantitative estimate of drug-likeness (QED) is 0.424. The number of nitro benzene ring substituents is 1. The Morgan fingerprint density at radius 2 is 2.19 bits per heavy atom. The topological polar surface area (TPSA) is 102 Å². The zero-order chi connectivity index (χ0) is 18.7. The molecule has 0 radical (unpaired) electrons. The Balaban J connectivity index is 1.75. The van der Waals surface area contributed by atoms with E-state index in [2.05, 4.69) is 15.5 Å². The molecule has 0 saturated heterocycles. The first-order valence-corrected chi connectivity index (χ1v) is 8.52. The van der Waals surface area contributed by atoms with Crippen LogP contribution in [0.4, 0.5) is 5.69 Å². The molecule has 0 fully saturated rings. The minimum absolute atomic E-state index is 0.145. The Morgan fingerprint density at radius 3 is 2.88 bits per heavy atom. The second kappa shape index (κ2) is 7.28. The lowest BCUT2D eigenvalue weighted by atomic mass is 10.2. The molecule has 0 unspecified atom stereocenters. The summed E-state index contributed by atoms with van der Waals surface area (Å²) < 4.78 is 2.01. The number of hydrogen-bond acceptors (Lipinski definition) is 6. The van der Waals surface area contributed by atoms with E-state index in [9.17, 15) is 14.9 Å². The van der Waals surface area contributed by atoms with E-state index in [0.717, 1.165) is 22.1 Å². The van der Waals surface area contributed by atoms with Gasteiger partial charge in [0, 0.05) is 46.2 Å². The van der Waals surface area contributed by atoms with Crippen LogP contribution in [0.15, 0.2) is 47.0 Å². The predicted molar refractivity (Wildman–Crippen MR) is 99.1 cm³/mol. The molecule has 0 spiro atoms. The summed E-state index contributed by atoms with van der Waals surface area (Å²) in [5.41, 5.74) is 5.21. The highest BCUT2D eigenvalue weighted by atomic mass is 32.1. The van der Waals surface area contributed by atoms with Crippen LogP contribution >= 0.6 is 11.3 Å². The van der Waals surface area contributed by atoms with Gasteiger partial charge in [0.25, 0.3) is 11.6 Å². The van der Waals surface area contributed by atoms with Crippen LogP contribution in [0.25, 0.3) is 5.13 Å². The molecule has 9 heteroatoms. The minimum atomic E-state index is -0.548. The summed E-state index contributed by atoms with van der Waals surface area (Å²) >= 11 is 1.53. The van der Waals surface area contributed by atoms with Gasteiger partial charge >= 0.3 is 0 Å². The van der Waals surface area contributed by atoms with Crippen molar-refractivity contribution in [2.75, 3.05) is 0 Å². The molecule has 132 valence electrons. The monoisotopic (exact) mass is 369 g/mol. The SMILES string of the molecule is Cc1cc(/C=N\NC(=O)c2cccc([N+](=O)[O-])c2)c(C)n1-c1nccs1.